The van der Waals surface area contributed by atoms with Gasteiger partial charge in [0, 0.05) is 36.8 Å². The molecule has 162 valence electrons. The van der Waals surface area contributed by atoms with E-state index in [2.05, 4.69) is 25.2 Å². The predicted molar refractivity (Wildman–Crippen MR) is 121 cm³/mol. The summed E-state index contributed by atoms with van der Waals surface area (Å²) in [5.74, 6) is 1.45. The van der Waals surface area contributed by atoms with Crippen LogP contribution in [0, 0.1) is 0 Å². The third-order valence-electron chi connectivity index (χ3n) is 5.47. The highest BCUT2D eigenvalue weighted by molar-refractivity contribution is 6.30. The second-order valence-electron chi connectivity index (χ2n) is 7.36. The number of fused-ring (bicyclic) bond motifs is 1. The Hall–Kier alpha value is -3.72. The molecule has 1 fully saturated rings. The van der Waals surface area contributed by atoms with Crippen LogP contribution in [0.25, 0.3) is 16.9 Å². The molecule has 0 saturated carbocycles. The number of amides is 1. The maximum atomic E-state index is 12.8. The highest BCUT2D eigenvalue weighted by atomic mass is 35.5. The maximum absolute atomic E-state index is 12.8. The Balaban J connectivity index is 1.36. The maximum Gasteiger partial charge on any atom is 0.254 e. The summed E-state index contributed by atoms with van der Waals surface area (Å²) in [4.78, 5) is 25.6. The molecule has 1 aliphatic heterocycles. The lowest BCUT2D eigenvalue weighted by Gasteiger charge is -2.35. The van der Waals surface area contributed by atoms with E-state index in [-0.39, 0.29) is 5.91 Å². The summed E-state index contributed by atoms with van der Waals surface area (Å²) in [5.41, 5.74) is 2.67. The number of hydrogen-bond acceptors (Lipinski definition) is 7. The minimum absolute atomic E-state index is 0.0227. The van der Waals surface area contributed by atoms with Gasteiger partial charge in [-0.2, -0.15) is 4.68 Å². The zero-order valence-electron chi connectivity index (χ0n) is 17.3. The summed E-state index contributed by atoms with van der Waals surface area (Å²) in [6.45, 7) is 2.41. The van der Waals surface area contributed by atoms with E-state index in [4.69, 9.17) is 16.3 Å². The smallest absolute Gasteiger partial charge is 0.254 e. The summed E-state index contributed by atoms with van der Waals surface area (Å²) in [7, 11) is 1.63. The summed E-state index contributed by atoms with van der Waals surface area (Å²) in [6.07, 6.45) is 1.52. The van der Waals surface area contributed by atoms with Gasteiger partial charge in [0.25, 0.3) is 5.91 Å². The fourth-order valence-electron chi connectivity index (χ4n) is 3.79. The monoisotopic (exact) mass is 449 g/mol. The van der Waals surface area contributed by atoms with Crippen LogP contribution in [0.5, 0.6) is 5.75 Å². The van der Waals surface area contributed by atoms with Crippen LogP contribution in [0.15, 0.2) is 54.9 Å². The molecule has 9 nitrogen and oxygen atoms in total. The van der Waals surface area contributed by atoms with E-state index in [1.165, 1.54) is 6.33 Å². The van der Waals surface area contributed by atoms with Crippen LogP contribution >= 0.6 is 11.6 Å². The van der Waals surface area contributed by atoms with E-state index in [1.54, 1.807) is 36.1 Å². The first kappa shape index (κ1) is 20.2. The number of methoxy groups -OCH3 is 1. The zero-order chi connectivity index (χ0) is 22.1. The molecule has 5 rings (SSSR count). The molecular weight excluding hydrogens is 430 g/mol. The van der Waals surface area contributed by atoms with Gasteiger partial charge in [0.2, 0.25) is 0 Å². The zero-order valence-corrected chi connectivity index (χ0v) is 18.1. The number of nitrogens with zero attached hydrogens (tertiary/aromatic N) is 7. The molecule has 1 saturated heterocycles. The fraction of sp³-hybridized carbons (Fsp3) is 0.227. The molecule has 2 aromatic carbocycles. The molecule has 0 unspecified atom stereocenters. The van der Waals surface area contributed by atoms with Crippen LogP contribution in [0.2, 0.25) is 5.02 Å². The van der Waals surface area contributed by atoms with Crippen LogP contribution in [-0.4, -0.2) is 69.1 Å². The number of carbonyl (C=O) groups is 1. The van der Waals surface area contributed by atoms with Crippen LogP contribution in [0.3, 0.4) is 0 Å². The van der Waals surface area contributed by atoms with Crippen molar-refractivity contribution in [1.82, 2.24) is 29.9 Å². The SMILES string of the molecule is COc1ccc(-n2nnc3c(N4CCN(C(=O)c5cccc(Cl)c5)CC4)ncnc32)cc1. The molecule has 10 heteroatoms. The van der Waals surface area contributed by atoms with Crippen molar-refractivity contribution in [3.05, 3.63) is 65.4 Å². The normalized spacial score (nSPS) is 14.1. The van der Waals surface area contributed by atoms with Crippen molar-refractivity contribution in [2.24, 2.45) is 0 Å². The molecule has 0 atom stereocenters. The van der Waals surface area contributed by atoms with Crippen LogP contribution in [0.1, 0.15) is 10.4 Å². The minimum Gasteiger partial charge on any atom is -0.497 e. The Morgan fingerprint density at radius 1 is 1.03 bits per heavy atom. The molecule has 0 radical (unpaired) electrons. The molecule has 32 heavy (non-hydrogen) atoms. The van der Waals surface area contributed by atoms with Gasteiger partial charge in [-0.25, -0.2) is 9.97 Å². The van der Waals surface area contributed by atoms with Gasteiger partial charge in [-0.3, -0.25) is 4.79 Å². The Morgan fingerprint density at radius 2 is 1.81 bits per heavy atom. The standard InChI is InChI=1S/C22H20ClN7O2/c1-32-18-7-5-17(6-8-18)30-21-19(26-27-30)20(24-14-25-21)28-9-11-29(12-10-28)22(31)15-3-2-4-16(23)13-15/h2-8,13-14H,9-12H2,1H3. The Morgan fingerprint density at radius 3 is 2.53 bits per heavy atom. The van der Waals surface area contributed by atoms with Crippen LogP contribution in [0.4, 0.5) is 5.82 Å². The molecule has 1 aliphatic rings. The van der Waals surface area contributed by atoms with Crippen LogP contribution in [-0.2, 0) is 0 Å². The molecule has 4 aromatic rings. The van der Waals surface area contributed by atoms with Gasteiger partial charge in [-0.1, -0.05) is 22.9 Å². The molecule has 3 heterocycles. The van der Waals surface area contributed by atoms with Crippen molar-refractivity contribution >= 4 is 34.5 Å². The van der Waals surface area contributed by atoms with E-state index in [1.807, 2.05) is 29.2 Å². The summed E-state index contributed by atoms with van der Waals surface area (Å²) in [6, 6.07) is 14.5. The molecule has 0 aliphatic carbocycles. The van der Waals surface area contributed by atoms with E-state index in [9.17, 15) is 4.79 Å². The van der Waals surface area contributed by atoms with Gasteiger partial charge in [-0.05, 0) is 42.5 Å². The Bertz CT molecular complexity index is 1270. The van der Waals surface area contributed by atoms with E-state index >= 15 is 0 Å². The third kappa shape index (κ3) is 3.71. The number of anilines is 1. The number of carbonyl (C=O) groups excluding carboxylic acids is 1. The first-order chi connectivity index (χ1) is 15.6. The predicted octanol–water partition coefficient (Wildman–Crippen LogP) is 2.83. The lowest BCUT2D eigenvalue weighted by molar-refractivity contribution is 0.0746. The summed E-state index contributed by atoms with van der Waals surface area (Å²) < 4.78 is 6.90. The molecule has 0 spiro atoms. The lowest BCUT2D eigenvalue weighted by atomic mass is 10.2. The average molecular weight is 450 g/mol. The Labute approximate surface area is 189 Å². The first-order valence-electron chi connectivity index (χ1n) is 10.1. The van der Waals surface area contributed by atoms with Gasteiger partial charge in [-0.15, -0.1) is 5.10 Å². The quantitative estimate of drug-likeness (QED) is 0.473. The van der Waals surface area contributed by atoms with Gasteiger partial charge in [0.05, 0.1) is 12.8 Å². The van der Waals surface area contributed by atoms with Crippen molar-refractivity contribution in [3.63, 3.8) is 0 Å². The van der Waals surface area contributed by atoms with Crippen molar-refractivity contribution < 1.29 is 9.53 Å². The lowest BCUT2D eigenvalue weighted by Crippen LogP contribution is -2.49. The average Bonchev–Trinajstić information content (AvgIpc) is 3.28. The number of hydrogen-bond donors (Lipinski definition) is 0. The molecular formula is C22H20ClN7O2. The third-order valence-corrected chi connectivity index (χ3v) is 5.71. The second-order valence-corrected chi connectivity index (χ2v) is 7.79. The van der Waals surface area contributed by atoms with E-state index < -0.39 is 0 Å². The second kappa shape index (κ2) is 8.43. The number of aromatic nitrogens is 5. The summed E-state index contributed by atoms with van der Waals surface area (Å²) >= 11 is 6.03. The summed E-state index contributed by atoms with van der Waals surface area (Å²) in [5, 5.41) is 9.18. The molecule has 0 bridgehead atoms. The van der Waals surface area contributed by atoms with Crippen molar-refractivity contribution in [3.8, 4) is 11.4 Å². The highest BCUT2D eigenvalue weighted by Gasteiger charge is 2.25. The molecule has 0 N–H and O–H groups in total. The van der Waals surface area contributed by atoms with Crippen molar-refractivity contribution in [2.75, 3.05) is 38.2 Å². The Kier molecular flexibility index (Phi) is 5.32. The van der Waals surface area contributed by atoms with Gasteiger partial charge < -0.3 is 14.5 Å². The van der Waals surface area contributed by atoms with E-state index in [0.717, 1.165) is 11.4 Å². The molecule has 2 aromatic heterocycles. The van der Waals surface area contributed by atoms with E-state index in [0.29, 0.717) is 53.7 Å². The first-order valence-corrected chi connectivity index (χ1v) is 10.5. The highest BCUT2D eigenvalue weighted by Crippen LogP contribution is 2.25. The number of rotatable bonds is 4. The van der Waals surface area contributed by atoms with Crippen molar-refractivity contribution in [2.45, 2.75) is 0 Å². The van der Waals surface area contributed by atoms with Crippen molar-refractivity contribution in [1.29, 1.82) is 0 Å². The topological polar surface area (TPSA) is 89.3 Å². The van der Waals surface area contributed by atoms with Gasteiger partial charge in [0.15, 0.2) is 17.0 Å². The number of benzene rings is 2. The molecule has 1 amide bonds. The largest absolute Gasteiger partial charge is 0.497 e. The number of ether oxygens (including phenoxy) is 1. The minimum atomic E-state index is -0.0227. The van der Waals surface area contributed by atoms with Gasteiger partial charge >= 0.3 is 0 Å². The number of piperazine rings is 1. The fourth-order valence-corrected chi connectivity index (χ4v) is 3.98. The van der Waals surface area contributed by atoms with Crippen LogP contribution < -0.4 is 9.64 Å². The van der Waals surface area contributed by atoms with Gasteiger partial charge in [0.1, 0.15) is 12.1 Å². The number of halogens is 1.